The van der Waals surface area contributed by atoms with Crippen molar-refractivity contribution in [2.24, 2.45) is 0 Å². The van der Waals surface area contributed by atoms with Crippen molar-refractivity contribution in [3.8, 4) is 23.4 Å². The lowest BCUT2D eigenvalue weighted by Crippen LogP contribution is -1.95. The highest BCUT2D eigenvalue weighted by molar-refractivity contribution is 9.10. The van der Waals surface area contributed by atoms with E-state index in [9.17, 15) is 4.39 Å². The average molecular weight is 323 g/mol. The summed E-state index contributed by atoms with van der Waals surface area (Å²) < 4.78 is 24.6. The summed E-state index contributed by atoms with van der Waals surface area (Å²) in [4.78, 5) is 3.83. The van der Waals surface area contributed by atoms with E-state index >= 15 is 0 Å². The van der Waals surface area contributed by atoms with Gasteiger partial charge in [0, 0.05) is 16.7 Å². The molecule has 0 amide bonds. The number of nitrogens with zero attached hydrogens (tertiary/aromatic N) is 2. The molecule has 0 atom stereocenters. The summed E-state index contributed by atoms with van der Waals surface area (Å²) in [6.45, 7) is 0. The summed E-state index contributed by atoms with van der Waals surface area (Å²) >= 11 is 3.11. The first-order chi connectivity index (χ1) is 9.13. The third-order valence-electron chi connectivity index (χ3n) is 2.27. The number of pyridine rings is 1. The van der Waals surface area contributed by atoms with Crippen LogP contribution in [0.5, 0.6) is 17.4 Å². The standard InChI is InChI=1S/C13H8BrFN2O2/c1-18-12-4-8(6-16)2-3-11(12)19-13-10(15)5-9(14)7-17-13/h2-5,7H,1H3. The molecule has 4 nitrogen and oxygen atoms in total. The third kappa shape index (κ3) is 3.01. The molecular formula is C13H8BrFN2O2. The molecule has 0 aliphatic carbocycles. The molecule has 0 spiro atoms. The van der Waals surface area contributed by atoms with Crippen LogP contribution >= 0.6 is 15.9 Å². The Balaban J connectivity index is 2.35. The summed E-state index contributed by atoms with van der Waals surface area (Å²) in [6, 6.07) is 7.81. The van der Waals surface area contributed by atoms with Crippen molar-refractivity contribution in [1.29, 1.82) is 5.26 Å². The minimum Gasteiger partial charge on any atom is -0.493 e. The van der Waals surface area contributed by atoms with Gasteiger partial charge in [-0.2, -0.15) is 5.26 Å². The van der Waals surface area contributed by atoms with Crippen LogP contribution in [0.15, 0.2) is 34.9 Å². The number of halogens is 2. The first-order valence-electron chi connectivity index (χ1n) is 5.21. The summed E-state index contributed by atoms with van der Waals surface area (Å²) in [7, 11) is 1.44. The predicted molar refractivity (Wildman–Crippen MR) is 69.7 cm³/mol. The van der Waals surface area contributed by atoms with Crippen molar-refractivity contribution in [1.82, 2.24) is 4.98 Å². The first kappa shape index (κ1) is 13.3. The molecule has 1 heterocycles. The lowest BCUT2D eigenvalue weighted by atomic mass is 10.2. The Hall–Kier alpha value is -2.13. The SMILES string of the molecule is COc1cc(C#N)ccc1Oc1ncc(Br)cc1F. The van der Waals surface area contributed by atoms with E-state index in [0.717, 1.165) is 0 Å². The Bertz CT molecular complexity index is 656. The Morgan fingerprint density at radius 1 is 1.32 bits per heavy atom. The van der Waals surface area contributed by atoms with Gasteiger partial charge in [-0.25, -0.2) is 9.37 Å². The molecule has 2 aromatic rings. The molecule has 0 fully saturated rings. The van der Waals surface area contributed by atoms with Crippen molar-refractivity contribution in [3.63, 3.8) is 0 Å². The Morgan fingerprint density at radius 2 is 2.11 bits per heavy atom. The molecule has 6 heteroatoms. The molecule has 1 aromatic carbocycles. The van der Waals surface area contributed by atoms with Crippen LogP contribution in [0.1, 0.15) is 5.56 Å². The number of nitriles is 1. The quantitative estimate of drug-likeness (QED) is 0.865. The van der Waals surface area contributed by atoms with Gasteiger partial charge in [-0.15, -0.1) is 0 Å². The van der Waals surface area contributed by atoms with E-state index in [2.05, 4.69) is 20.9 Å². The topological polar surface area (TPSA) is 55.1 Å². The zero-order valence-electron chi connectivity index (χ0n) is 9.85. The molecule has 0 aliphatic rings. The second kappa shape index (κ2) is 5.67. The van der Waals surface area contributed by atoms with E-state index < -0.39 is 5.82 Å². The fourth-order valence-electron chi connectivity index (χ4n) is 1.40. The van der Waals surface area contributed by atoms with Gasteiger partial charge in [-0.05, 0) is 34.1 Å². The lowest BCUT2D eigenvalue weighted by Gasteiger charge is -2.10. The molecule has 0 aliphatic heterocycles. The highest BCUT2D eigenvalue weighted by Crippen LogP contribution is 2.32. The Kier molecular flexibility index (Phi) is 3.97. The lowest BCUT2D eigenvalue weighted by molar-refractivity contribution is 0.363. The van der Waals surface area contributed by atoms with E-state index in [1.165, 1.54) is 31.5 Å². The molecule has 0 radical (unpaired) electrons. The normalized spacial score (nSPS) is 9.79. The Morgan fingerprint density at radius 3 is 2.74 bits per heavy atom. The molecule has 1 aromatic heterocycles. The zero-order valence-corrected chi connectivity index (χ0v) is 11.4. The van der Waals surface area contributed by atoms with Crippen molar-refractivity contribution in [2.45, 2.75) is 0 Å². The van der Waals surface area contributed by atoms with E-state index in [1.807, 2.05) is 6.07 Å². The van der Waals surface area contributed by atoms with E-state index in [1.54, 1.807) is 6.07 Å². The first-order valence-corrected chi connectivity index (χ1v) is 6.00. The molecular weight excluding hydrogens is 315 g/mol. The van der Waals surface area contributed by atoms with Gasteiger partial charge in [0.1, 0.15) is 0 Å². The molecule has 0 unspecified atom stereocenters. The average Bonchev–Trinajstić information content (AvgIpc) is 2.42. The number of aromatic nitrogens is 1. The number of rotatable bonds is 3. The maximum Gasteiger partial charge on any atom is 0.256 e. The van der Waals surface area contributed by atoms with Crippen molar-refractivity contribution >= 4 is 15.9 Å². The van der Waals surface area contributed by atoms with Gasteiger partial charge >= 0.3 is 0 Å². The van der Waals surface area contributed by atoms with Gasteiger partial charge in [0.2, 0.25) is 0 Å². The van der Waals surface area contributed by atoms with Crippen LogP contribution in [-0.2, 0) is 0 Å². The maximum absolute atomic E-state index is 13.6. The highest BCUT2D eigenvalue weighted by Gasteiger charge is 2.11. The van der Waals surface area contributed by atoms with E-state index in [0.29, 0.717) is 15.8 Å². The summed E-state index contributed by atoms with van der Waals surface area (Å²) in [5, 5.41) is 8.79. The van der Waals surface area contributed by atoms with Gasteiger partial charge < -0.3 is 9.47 Å². The third-order valence-corrected chi connectivity index (χ3v) is 2.71. The number of methoxy groups -OCH3 is 1. The molecule has 96 valence electrons. The fourth-order valence-corrected chi connectivity index (χ4v) is 1.71. The van der Waals surface area contributed by atoms with Crippen LogP contribution in [0.3, 0.4) is 0 Å². The maximum atomic E-state index is 13.6. The fraction of sp³-hybridized carbons (Fsp3) is 0.0769. The number of hydrogen-bond donors (Lipinski definition) is 0. The van der Waals surface area contributed by atoms with Crippen molar-refractivity contribution in [2.75, 3.05) is 7.11 Å². The van der Waals surface area contributed by atoms with Crippen LogP contribution in [0, 0.1) is 17.1 Å². The van der Waals surface area contributed by atoms with E-state index in [-0.39, 0.29) is 11.6 Å². The van der Waals surface area contributed by atoms with Crippen LogP contribution in [0.2, 0.25) is 0 Å². The second-order valence-electron chi connectivity index (χ2n) is 3.52. The van der Waals surface area contributed by atoms with E-state index in [4.69, 9.17) is 14.7 Å². The minimum atomic E-state index is -0.596. The zero-order chi connectivity index (χ0) is 13.8. The smallest absolute Gasteiger partial charge is 0.256 e. The van der Waals surface area contributed by atoms with Crippen molar-refractivity contribution in [3.05, 3.63) is 46.3 Å². The molecule has 2 rings (SSSR count). The molecule has 19 heavy (non-hydrogen) atoms. The molecule has 0 bridgehead atoms. The summed E-state index contributed by atoms with van der Waals surface area (Å²) in [5.41, 5.74) is 0.424. The largest absolute Gasteiger partial charge is 0.493 e. The van der Waals surface area contributed by atoms with Crippen molar-refractivity contribution < 1.29 is 13.9 Å². The van der Waals surface area contributed by atoms with Crippen LogP contribution in [-0.4, -0.2) is 12.1 Å². The number of ether oxygens (including phenoxy) is 2. The Labute approximate surface area is 117 Å². The predicted octanol–water partition coefficient (Wildman–Crippen LogP) is 3.66. The van der Waals surface area contributed by atoms with Gasteiger partial charge in [0.15, 0.2) is 17.3 Å². The van der Waals surface area contributed by atoms with Gasteiger partial charge in [0.25, 0.3) is 5.88 Å². The van der Waals surface area contributed by atoms with Gasteiger partial charge in [-0.3, -0.25) is 0 Å². The van der Waals surface area contributed by atoms with Gasteiger partial charge in [0.05, 0.1) is 18.7 Å². The van der Waals surface area contributed by atoms with Gasteiger partial charge in [-0.1, -0.05) is 0 Å². The second-order valence-corrected chi connectivity index (χ2v) is 4.44. The minimum absolute atomic E-state index is 0.161. The highest BCUT2D eigenvalue weighted by atomic mass is 79.9. The monoisotopic (exact) mass is 322 g/mol. The van der Waals surface area contributed by atoms with Crippen LogP contribution in [0.4, 0.5) is 4.39 Å². The molecule has 0 saturated heterocycles. The van der Waals surface area contributed by atoms with Crippen LogP contribution in [0.25, 0.3) is 0 Å². The summed E-state index contributed by atoms with van der Waals surface area (Å²) in [5.74, 6) is -0.134. The number of benzene rings is 1. The molecule has 0 N–H and O–H groups in total. The summed E-state index contributed by atoms with van der Waals surface area (Å²) in [6.07, 6.45) is 1.43. The van der Waals surface area contributed by atoms with Crippen LogP contribution < -0.4 is 9.47 Å². The number of hydrogen-bond acceptors (Lipinski definition) is 4. The molecule has 0 saturated carbocycles.